The van der Waals surface area contributed by atoms with E-state index in [9.17, 15) is 14.7 Å². The van der Waals surface area contributed by atoms with Crippen LogP contribution in [0.4, 0.5) is 4.79 Å². The number of H-pyrrole nitrogens is 1. The summed E-state index contributed by atoms with van der Waals surface area (Å²) in [6.45, 7) is 1.82. The molecule has 1 aromatic rings. The molecule has 2 fully saturated rings. The molecule has 3 rings (SSSR count). The molecule has 0 spiro atoms. The number of aromatic amines is 1. The third-order valence-electron chi connectivity index (χ3n) is 3.85. The van der Waals surface area contributed by atoms with Gasteiger partial charge in [-0.2, -0.15) is 0 Å². The Morgan fingerprint density at radius 3 is 2.90 bits per heavy atom. The van der Waals surface area contributed by atoms with Crippen LogP contribution >= 0.6 is 11.8 Å². The Labute approximate surface area is 126 Å². The summed E-state index contributed by atoms with van der Waals surface area (Å²) >= 11 is 1.57. The second-order valence-electron chi connectivity index (χ2n) is 5.47. The molecule has 2 amide bonds. The van der Waals surface area contributed by atoms with Gasteiger partial charge in [-0.15, -0.1) is 11.8 Å². The van der Waals surface area contributed by atoms with E-state index >= 15 is 0 Å². The first kappa shape index (κ1) is 14.2. The van der Waals surface area contributed by atoms with Crippen LogP contribution < -0.4 is 5.32 Å². The molecule has 0 radical (unpaired) electrons. The second-order valence-corrected chi connectivity index (χ2v) is 6.62. The minimum atomic E-state index is -0.938. The average molecular weight is 310 g/mol. The standard InChI is InChI=1S/C13H18N4O3S/c1-7(10-14-4-5-15-10)16-13(20)17-9(12(18)19)6-21-11(17)8-2-3-8/h4-5,7-9,11H,2-3,6H2,1H3,(H,14,15)(H,16,20)(H,18,19). The van der Waals surface area contributed by atoms with Crippen molar-refractivity contribution in [1.82, 2.24) is 20.2 Å². The van der Waals surface area contributed by atoms with Gasteiger partial charge < -0.3 is 15.4 Å². The number of amides is 2. The van der Waals surface area contributed by atoms with Crippen LogP contribution in [0.1, 0.15) is 31.6 Å². The lowest BCUT2D eigenvalue weighted by atomic mass is 10.2. The van der Waals surface area contributed by atoms with Crippen molar-refractivity contribution in [3.05, 3.63) is 18.2 Å². The fraction of sp³-hybridized carbons (Fsp3) is 0.615. The predicted octanol–water partition coefficient (Wildman–Crippen LogP) is 1.42. The third-order valence-corrected chi connectivity index (χ3v) is 5.31. The van der Waals surface area contributed by atoms with Gasteiger partial charge >= 0.3 is 12.0 Å². The van der Waals surface area contributed by atoms with Crippen LogP contribution in [0.5, 0.6) is 0 Å². The number of aromatic nitrogens is 2. The van der Waals surface area contributed by atoms with Gasteiger partial charge in [0, 0.05) is 18.1 Å². The molecule has 114 valence electrons. The van der Waals surface area contributed by atoms with Crippen molar-refractivity contribution in [1.29, 1.82) is 0 Å². The summed E-state index contributed by atoms with van der Waals surface area (Å²) in [7, 11) is 0. The fourth-order valence-electron chi connectivity index (χ4n) is 2.56. The molecule has 2 aliphatic rings. The number of imidazole rings is 1. The molecule has 3 N–H and O–H groups in total. The molecule has 3 atom stereocenters. The Balaban J connectivity index is 1.72. The molecule has 1 saturated heterocycles. The number of aliphatic carboxylic acids is 1. The lowest BCUT2D eigenvalue weighted by molar-refractivity contribution is -0.141. The van der Waals surface area contributed by atoms with Crippen LogP contribution in [0.15, 0.2) is 12.4 Å². The Morgan fingerprint density at radius 1 is 1.57 bits per heavy atom. The van der Waals surface area contributed by atoms with Gasteiger partial charge in [-0.1, -0.05) is 0 Å². The van der Waals surface area contributed by atoms with Crippen LogP contribution in [-0.2, 0) is 4.79 Å². The van der Waals surface area contributed by atoms with E-state index in [0.717, 1.165) is 12.8 Å². The maximum atomic E-state index is 12.5. The van der Waals surface area contributed by atoms with E-state index in [1.165, 1.54) is 4.90 Å². The maximum absolute atomic E-state index is 12.5. The summed E-state index contributed by atoms with van der Waals surface area (Å²) in [6, 6.07) is -1.36. The number of carboxylic acids is 1. The zero-order chi connectivity index (χ0) is 15.0. The van der Waals surface area contributed by atoms with Crippen LogP contribution in [0.2, 0.25) is 0 Å². The predicted molar refractivity (Wildman–Crippen MR) is 77.8 cm³/mol. The first-order valence-electron chi connectivity index (χ1n) is 7.00. The number of hydrogen-bond acceptors (Lipinski definition) is 4. The highest BCUT2D eigenvalue weighted by Crippen LogP contribution is 2.45. The van der Waals surface area contributed by atoms with Crippen molar-refractivity contribution in [3.8, 4) is 0 Å². The Morgan fingerprint density at radius 2 is 2.33 bits per heavy atom. The van der Waals surface area contributed by atoms with Crippen molar-refractivity contribution in [2.24, 2.45) is 5.92 Å². The minimum Gasteiger partial charge on any atom is -0.480 e. The number of nitrogens with one attached hydrogen (secondary N) is 2. The second kappa shape index (κ2) is 5.59. The van der Waals surface area contributed by atoms with E-state index < -0.39 is 12.0 Å². The maximum Gasteiger partial charge on any atom is 0.327 e. The van der Waals surface area contributed by atoms with Gasteiger partial charge in [0.1, 0.15) is 11.9 Å². The molecule has 21 heavy (non-hydrogen) atoms. The highest BCUT2D eigenvalue weighted by atomic mass is 32.2. The topological polar surface area (TPSA) is 98.3 Å². The van der Waals surface area contributed by atoms with Crippen molar-refractivity contribution < 1.29 is 14.7 Å². The number of carboxylic acid groups (broad SMARTS) is 1. The summed E-state index contributed by atoms with van der Waals surface area (Å²) in [6.07, 6.45) is 5.45. The Bertz CT molecular complexity index is 532. The molecular formula is C13H18N4O3S. The monoisotopic (exact) mass is 310 g/mol. The van der Waals surface area contributed by atoms with Crippen molar-refractivity contribution in [3.63, 3.8) is 0 Å². The zero-order valence-corrected chi connectivity index (χ0v) is 12.5. The Kier molecular flexibility index (Phi) is 3.79. The van der Waals surface area contributed by atoms with Crippen LogP contribution in [0.3, 0.4) is 0 Å². The first-order valence-corrected chi connectivity index (χ1v) is 8.05. The fourth-order valence-corrected chi connectivity index (χ4v) is 4.19. The van der Waals surface area contributed by atoms with E-state index in [0.29, 0.717) is 17.5 Å². The number of urea groups is 1. The highest BCUT2D eigenvalue weighted by molar-refractivity contribution is 8.00. The molecule has 1 aromatic heterocycles. The molecule has 0 bridgehead atoms. The highest BCUT2D eigenvalue weighted by Gasteiger charge is 2.48. The van der Waals surface area contributed by atoms with Gasteiger partial charge in [-0.25, -0.2) is 14.6 Å². The molecule has 2 heterocycles. The van der Waals surface area contributed by atoms with Gasteiger partial charge in [0.2, 0.25) is 0 Å². The molecule has 0 aromatic carbocycles. The van der Waals surface area contributed by atoms with Crippen LogP contribution in [0, 0.1) is 5.92 Å². The molecule has 1 aliphatic heterocycles. The molecule has 8 heteroatoms. The van der Waals surface area contributed by atoms with Gasteiger partial charge in [-0.05, 0) is 25.7 Å². The zero-order valence-electron chi connectivity index (χ0n) is 11.7. The van der Waals surface area contributed by atoms with Gasteiger partial charge in [0.25, 0.3) is 0 Å². The smallest absolute Gasteiger partial charge is 0.327 e. The third kappa shape index (κ3) is 2.85. The van der Waals surface area contributed by atoms with Crippen molar-refractivity contribution in [2.45, 2.75) is 37.2 Å². The molecular weight excluding hydrogens is 292 g/mol. The lowest BCUT2D eigenvalue weighted by Gasteiger charge is -2.28. The normalized spacial score (nSPS) is 26.6. The largest absolute Gasteiger partial charge is 0.480 e. The van der Waals surface area contributed by atoms with E-state index in [2.05, 4.69) is 15.3 Å². The van der Waals surface area contributed by atoms with Crippen LogP contribution in [0.25, 0.3) is 0 Å². The van der Waals surface area contributed by atoms with E-state index in [1.54, 1.807) is 24.2 Å². The summed E-state index contributed by atoms with van der Waals surface area (Å²) < 4.78 is 0. The summed E-state index contributed by atoms with van der Waals surface area (Å²) in [5.74, 6) is 0.611. The molecule has 1 aliphatic carbocycles. The summed E-state index contributed by atoms with van der Waals surface area (Å²) in [4.78, 5) is 32.4. The van der Waals surface area contributed by atoms with Gasteiger partial charge in [0.05, 0.1) is 11.4 Å². The summed E-state index contributed by atoms with van der Waals surface area (Å²) in [5, 5.41) is 12.1. The summed E-state index contributed by atoms with van der Waals surface area (Å²) in [5.41, 5.74) is 0. The van der Waals surface area contributed by atoms with Crippen LogP contribution in [-0.4, -0.2) is 49.1 Å². The molecule has 7 nitrogen and oxygen atoms in total. The number of thioether (sulfide) groups is 1. The molecule has 1 saturated carbocycles. The van der Waals surface area contributed by atoms with E-state index in [1.807, 2.05) is 6.92 Å². The van der Waals surface area contributed by atoms with Gasteiger partial charge in [-0.3, -0.25) is 4.90 Å². The number of carbonyl (C=O) groups is 2. The van der Waals surface area contributed by atoms with E-state index in [4.69, 9.17) is 0 Å². The molecule has 3 unspecified atom stereocenters. The van der Waals surface area contributed by atoms with E-state index in [-0.39, 0.29) is 17.4 Å². The average Bonchev–Trinajstić information content (AvgIpc) is 2.98. The SMILES string of the molecule is CC(NC(=O)N1C(C(=O)O)CSC1C1CC1)c1ncc[nH]1. The minimum absolute atomic E-state index is 0.0186. The van der Waals surface area contributed by atoms with Gasteiger partial charge in [0.15, 0.2) is 0 Å². The number of rotatable bonds is 4. The van der Waals surface area contributed by atoms with Crippen molar-refractivity contribution >= 4 is 23.8 Å². The number of nitrogens with zero attached hydrogens (tertiary/aromatic N) is 2. The Hall–Kier alpha value is -1.70. The quantitative estimate of drug-likeness (QED) is 0.781. The number of carbonyl (C=O) groups excluding carboxylic acids is 1. The number of hydrogen-bond donors (Lipinski definition) is 3. The lowest BCUT2D eigenvalue weighted by Crippen LogP contribution is -2.51. The first-order chi connectivity index (χ1) is 10.1. The van der Waals surface area contributed by atoms with Crippen molar-refractivity contribution in [2.75, 3.05) is 5.75 Å².